The molecule has 0 aromatic heterocycles. The van der Waals surface area contributed by atoms with E-state index in [2.05, 4.69) is 42.6 Å². The van der Waals surface area contributed by atoms with Crippen molar-refractivity contribution in [2.24, 2.45) is 0 Å². The normalized spacial score (nSPS) is 12.6. The second-order valence-corrected chi connectivity index (χ2v) is 6.55. The highest BCUT2D eigenvalue weighted by atomic mass is 35.5. The van der Waals surface area contributed by atoms with E-state index in [0.29, 0.717) is 6.42 Å². The highest BCUT2D eigenvalue weighted by Crippen LogP contribution is 2.29. The number of alkyl halides is 3. The summed E-state index contributed by atoms with van der Waals surface area (Å²) in [5.74, 6) is 0. The molecule has 1 atom stereocenters. The molecular formula is C22H23ClF3N. The van der Waals surface area contributed by atoms with Gasteiger partial charge in [0, 0.05) is 6.04 Å². The lowest BCUT2D eigenvalue weighted by atomic mass is 9.99. The molecule has 0 aliphatic heterocycles. The molecule has 0 saturated heterocycles. The van der Waals surface area contributed by atoms with E-state index in [1.54, 1.807) is 6.07 Å². The Bertz CT molecular complexity index is 871. The average Bonchev–Trinajstić information content (AvgIpc) is 2.64. The van der Waals surface area contributed by atoms with Gasteiger partial charge in [-0.3, -0.25) is 0 Å². The summed E-state index contributed by atoms with van der Waals surface area (Å²) >= 11 is 0. The van der Waals surface area contributed by atoms with Crippen molar-refractivity contribution in [3.05, 3.63) is 83.4 Å². The second kappa shape index (κ2) is 9.25. The summed E-state index contributed by atoms with van der Waals surface area (Å²) in [6.45, 7) is 2.87. The van der Waals surface area contributed by atoms with Crippen LogP contribution in [-0.4, -0.2) is 6.54 Å². The van der Waals surface area contributed by atoms with Gasteiger partial charge >= 0.3 is 6.18 Å². The van der Waals surface area contributed by atoms with Crippen molar-refractivity contribution in [2.45, 2.75) is 32.0 Å². The van der Waals surface area contributed by atoms with Crippen molar-refractivity contribution >= 4 is 23.2 Å². The Morgan fingerprint density at radius 2 is 1.63 bits per heavy atom. The molecule has 0 bridgehead atoms. The standard InChI is InChI=1S/C22H22F3N.ClH/c1-16(20-13-5-10-18-9-2-3-12-21(18)20)26-14-6-8-17-7-4-11-19(15-17)22(23,24)25;/h2-5,7,9-13,15-16,26H,6,8,14H2,1H3;1H/t16-;/m0./s1. The van der Waals surface area contributed by atoms with Gasteiger partial charge in [-0.2, -0.15) is 13.2 Å². The quantitative estimate of drug-likeness (QED) is 0.467. The molecule has 3 aromatic rings. The zero-order valence-corrected chi connectivity index (χ0v) is 15.9. The molecule has 0 spiro atoms. The van der Waals surface area contributed by atoms with Crippen LogP contribution in [0.5, 0.6) is 0 Å². The van der Waals surface area contributed by atoms with Gasteiger partial charge in [0.05, 0.1) is 5.56 Å². The van der Waals surface area contributed by atoms with Crippen molar-refractivity contribution in [1.82, 2.24) is 5.32 Å². The van der Waals surface area contributed by atoms with Gasteiger partial charge in [0.25, 0.3) is 0 Å². The van der Waals surface area contributed by atoms with E-state index in [9.17, 15) is 13.2 Å². The van der Waals surface area contributed by atoms with Crippen LogP contribution in [0.1, 0.15) is 36.1 Å². The lowest BCUT2D eigenvalue weighted by Gasteiger charge is -2.17. The number of fused-ring (bicyclic) bond motifs is 1. The summed E-state index contributed by atoms with van der Waals surface area (Å²) in [7, 11) is 0. The lowest BCUT2D eigenvalue weighted by Crippen LogP contribution is -2.20. The van der Waals surface area contributed by atoms with Crippen LogP contribution < -0.4 is 5.32 Å². The molecule has 1 N–H and O–H groups in total. The predicted octanol–water partition coefficient (Wildman–Crippen LogP) is 6.56. The molecule has 0 aliphatic rings. The minimum Gasteiger partial charge on any atom is -0.310 e. The largest absolute Gasteiger partial charge is 0.416 e. The van der Waals surface area contributed by atoms with Crippen LogP contribution in [0.3, 0.4) is 0 Å². The fraction of sp³-hybridized carbons (Fsp3) is 0.273. The van der Waals surface area contributed by atoms with Crippen LogP contribution >= 0.6 is 12.4 Å². The molecule has 3 rings (SSSR count). The summed E-state index contributed by atoms with van der Waals surface area (Å²) in [5.41, 5.74) is 1.38. The van der Waals surface area contributed by atoms with Gasteiger partial charge in [-0.1, -0.05) is 60.7 Å². The molecule has 3 aromatic carbocycles. The van der Waals surface area contributed by atoms with Crippen molar-refractivity contribution in [3.8, 4) is 0 Å². The van der Waals surface area contributed by atoms with E-state index in [0.717, 1.165) is 24.6 Å². The van der Waals surface area contributed by atoms with Crippen LogP contribution in [0.4, 0.5) is 13.2 Å². The molecule has 0 fully saturated rings. The van der Waals surface area contributed by atoms with Crippen LogP contribution in [-0.2, 0) is 12.6 Å². The molecule has 1 nitrogen and oxygen atoms in total. The Morgan fingerprint density at radius 3 is 2.41 bits per heavy atom. The summed E-state index contributed by atoms with van der Waals surface area (Å²) in [5, 5.41) is 5.92. The number of benzene rings is 3. The predicted molar refractivity (Wildman–Crippen MR) is 107 cm³/mol. The number of aryl methyl sites for hydroxylation is 1. The van der Waals surface area contributed by atoms with Crippen LogP contribution in [0.2, 0.25) is 0 Å². The number of rotatable bonds is 6. The number of nitrogens with one attached hydrogen (secondary N) is 1. The monoisotopic (exact) mass is 393 g/mol. The summed E-state index contributed by atoms with van der Waals surface area (Å²) in [6.07, 6.45) is -2.87. The van der Waals surface area contributed by atoms with Crippen LogP contribution in [0.25, 0.3) is 10.8 Å². The molecule has 0 heterocycles. The average molecular weight is 394 g/mol. The van der Waals surface area contributed by atoms with E-state index in [-0.39, 0.29) is 18.4 Å². The fourth-order valence-corrected chi connectivity index (χ4v) is 3.25. The summed E-state index contributed by atoms with van der Waals surface area (Å²) < 4.78 is 38.3. The van der Waals surface area contributed by atoms with Gasteiger partial charge in [-0.25, -0.2) is 0 Å². The number of hydrogen-bond acceptors (Lipinski definition) is 1. The smallest absolute Gasteiger partial charge is 0.310 e. The van der Waals surface area contributed by atoms with E-state index in [4.69, 9.17) is 0 Å². The zero-order valence-electron chi connectivity index (χ0n) is 15.1. The van der Waals surface area contributed by atoms with Gasteiger partial charge in [0.2, 0.25) is 0 Å². The summed E-state index contributed by atoms with van der Waals surface area (Å²) in [6, 6.07) is 20.3. The lowest BCUT2D eigenvalue weighted by molar-refractivity contribution is -0.137. The third-order valence-corrected chi connectivity index (χ3v) is 4.64. The Morgan fingerprint density at radius 1 is 0.926 bits per heavy atom. The first kappa shape index (κ1) is 21.3. The van der Waals surface area contributed by atoms with Crippen LogP contribution in [0, 0.1) is 0 Å². The Kier molecular flexibility index (Phi) is 7.28. The minimum absolute atomic E-state index is 0. The third kappa shape index (κ3) is 5.47. The second-order valence-electron chi connectivity index (χ2n) is 6.55. The molecular weight excluding hydrogens is 371 g/mol. The number of halogens is 4. The van der Waals surface area contributed by atoms with Crippen molar-refractivity contribution in [1.29, 1.82) is 0 Å². The third-order valence-electron chi connectivity index (χ3n) is 4.64. The maximum Gasteiger partial charge on any atom is 0.416 e. The first-order chi connectivity index (χ1) is 12.4. The van der Waals surface area contributed by atoms with E-state index >= 15 is 0 Å². The van der Waals surface area contributed by atoms with Gasteiger partial charge in [-0.15, -0.1) is 12.4 Å². The minimum atomic E-state index is -4.28. The molecule has 5 heteroatoms. The topological polar surface area (TPSA) is 12.0 Å². The van der Waals surface area contributed by atoms with Crippen molar-refractivity contribution in [2.75, 3.05) is 6.54 Å². The molecule has 0 aliphatic carbocycles. The zero-order chi connectivity index (χ0) is 18.6. The first-order valence-corrected chi connectivity index (χ1v) is 8.82. The fourth-order valence-electron chi connectivity index (χ4n) is 3.25. The van der Waals surface area contributed by atoms with E-state index in [1.165, 1.54) is 28.5 Å². The van der Waals surface area contributed by atoms with Gasteiger partial charge < -0.3 is 5.32 Å². The van der Waals surface area contributed by atoms with Gasteiger partial charge in [-0.05, 0) is 54.3 Å². The van der Waals surface area contributed by atoms with Crippen LogP contribution in [0.15, 0.2) is 66.7 Å². The number of hydrogen-bond donors (Lipinski definition) is 1. The van der Waals surface area contributed by atoms with E-state index in [1.807, 2.05) is 12.1 Å². The molecule has 0 unspecified atom stereocenters. The molecule has 144 valence electrons. The highest BCUT2D eigenvalue weighted by Gasteiger charge is 2.30. The Balaban J connectivity index is 0.00000261. The Hall–Kier alpha value is -2.04. The molecule has 27 heavy (non-hydrogen) atoms. The Labute approximate surface area is 164 Å². The molecule has 0 saturated carbocycles. The maximum atomic E-state index is 12.8. The first-order valence-electron chi connectivity index (χ1n) is 8.82. The molecule has 0 amide bonds. The summed E-state index contributed by atoms with van der Waals surface area (Å²) in [4.78, 5) is 0. The molecule has 0 radical (unpaired) electrons. The van der Waals surface area contributed by atoms with E-state index < -0.39 is 11.7 Å². The highest BCUT2D eigenvalue weighted by molar-refractivity contribution is 5.86. The van der Waals surface area contributed by atoms with Crippen molar-refractivity contribution in [3.63, 3.8) is 0 Å². The SMILES string of the molecule is C[C@H](NCCCc1cccc(C(F)(F)F)c1)c1cccc2ccccc12.Cl. The van der Waals surface area contributed by atoms with Gasteiger partial charge in [0.1, 0.15) is 0 Å². The van der Waals surface area contributed by atoms with Gasteiger partial charge in [0.15, 0.2) is 0 Å². The maximum absolute atomic E-state index is 12.8. The van der Waals surface area contributed by atoms with Crippen molar-refractivity contribution < 1.29 is 13.2 Å².